The van der Waals surface area contributed by atoms with Crippen molar-refractivity contribution in [3.63, 3.8) is 0 Å². The number of halogens is 3. The van der Waals surface area contributed by atoms with Crippen molar-refractivity contribution in [3.8, 4) is 11.5 Å². The van der Waals surface area contributed by atoms with Gasteiger partial charge in [0.25, 0.3) is 0 Å². The monoisotopic (exact) mass is 308 g/mol. The predicted molar refractivity (Wildman–Crippen MR) is 78.0 cm³/mol. The second kappa shape index (κ2) is 7.02. The molecule has 0 aromatic heterocycles. The first-order valence-electron chi connectivity index (χ1n) is 6.60. The second-order valence-electron chi connectivity index (χ2n) is 4.53. The summed E-state index contributed by atoms with van der Waals surface area (Å²) in [6, 6.07) is 15.4. The van der Waals surface area contributed by atoms with E-state index in [4.69, 9.17) is 9.47 Å². The number of hydrogen-bond donors (Lipinski definition) is 0. The fourth-order valence-electron chi connectivity index (χ4n) is 1.85. The molecule has 0 saturated heterocycles. The molecular formula is C17H15F3O2. The normalized spacial score (nSPS) is 13.1. The van der Waals surface area contributed by atoms with Crippen molar-refractivity contribution in [3.05, 3.63) is 72.3 Å². The average molecular weight is 308 g/mol. The molecule has 0 heterocycles. The van der Waals surface area contributed by atoms with Crippen LogP contribution in [-0.2, 0) is 0 Å². The largest absolute Gasteiger partial charge is 0.497 e. The summed E-state index contributed by atoms with van der Waals surface area (Å²) in [4.78, 5) is 0. The van der Waals surface area contributed by atoms with E-state index in [-0.39, 0.29) is 6.08 Å². The maximum atomic E-state index is 12.4. The van der Waals surface area contributed by atoms with Gasteiger partial charge in [-0.3, -0.25) is 0 Å². The first-order valence-corrected chi connectivity index (χ1v) is 6.60. The molecule has 0 bridgehead atoms. The number of hydrogen-bond acceptors (Lipinski definition) is 2. The molecule has 0 aliphatic heterocycles. The molecule has 0 N–H and O–H groups in total. The van der Waals surface area contributed by atoms with Gasteiger partial charge in [-0.2, -0.15) is 13.2 Å². The third kappa shape index (κ3) is 4.84. The van der Waals surface area contributed by atoms with Gasteiger partial charge in [0.1, 0.15) is 17.6 Å². The minimum absolute atomic E-state index is 0.185. The summed E-state index contributed by atoms with van der Waals surface area (Å²) < 4.78 is 48.0. The van der Waals surface area contributed by atoms with Gasteiger partial charge in [-0.15, -0.1) is 0 Å². The van der Waals surface area contributed by atoms with Crippen molar-refractivity contribution in [2.45, 2.75) is 12.3 Å². The number of rotatable bonds is 5. The number of ether oxygens (including phenoxy) is 2. The van der Waals surface area contributed by atoms with E-state index in [0.29, 0.717) is 17.1 Å². The maximum absolute atomic E-state index is 12.4. The smallest absolute Gasteiger partial charge is 0.409 e. The van der Waals surface area contributed by atoms with Crippen LogP contribution in [0.1, 0.15) is 11.7 Å². The average Bonchev–Trinajstić information content (AvgIpc) is 2.52. The summed E-state index contributed by atoms with van der Waals surface area (Å²) in [5.41, 5.74) is 0.602. The zero-order valence-electron chi connectivity index (χ0n) is 11.9. The topological polar surface area (TPSA) is 18.5 Å². The van der Waals surface area contributed by atoms with Crippen LogP contribution in [0.5, 0.6) is 11.5 Å². The predicted octanol–water partition coefficient (Wildman–Crippen LogP) is 4.93. The zero-order chi connectivity index (χ0) is 16.0. The molecule has 1 unspecified atom stereocenters. The highest BCUT2D eigenvalue weighted by Crippen LogP contribution is 2.27. The third-order valence-electron chi connectivity index (χ3n) is 2.91. The highest BCUT2D eigenvalue weighted by Gasteiger charge is 2.23. The van der Waals surface area contributed by atoms with Crippen molar-refractivity contribution in [1.29, 1.82) is 0 Å². The van der Waals surface area contributed by atoms with Gasteiger partial charge in [-0.25, -0.2) is 0 Å². The van der Waals surface area contributed by atoms with Crippen LogP contribution in [0.15, 0.2) is 66.7 Å². The van der Waals surface area contributed by atoms with E-state index in [9.17, 15) is 13.2 Å². The highest BCUT2D eigenvalue weighted by atomic mass is 19.4. The molecule has 2 rings (SSSR count). The number of methoxy groups -OCH3 is 1. The summed E-state index contributed by atoms with van der Waals surface area (Å²) >= 11 is 0. The number of para-hydroxylation sites is 1. The molecule has 2 aromatic rings. The Labute approximate surface area is 126 Å². The van der Waals surface area contributed by atoms with E-state index >= 15 is 0 Å². The van der Waals surface area contributed by atoms with Crippen LogP contribution < -0.4 is 9.47 Å². The Hall–Kier alpha value is -2.43. The Morgan fingerprint density at radius 3 is 2.09 bits per heavy atom. The first-order chi connectivity index (χ1) is 10.5. The summed E-state index contributed by atoms with van der Waals surface area (Å²) in [5.74, 6) is 1.12. The van der Waals surface area contributed by atoms with Gasteiger partial charge in [0.15, 0.2) is 0 Å². The lowest BCUT2D eigenvalue weighted by atomic mass is 10.1. The maximum Gasteiger partial charge on any atom is 0.409 e. The summed E-state index contributed by atoms with van der Waals surface area (Å²) in [5, 5.41) is 0. The van der Waals surface area contributed by atoms with Crippen LogP contribution in [0.2, 0.25) is 0 Å². The lowest BCUT2D eigenvalue weighted by molar-refractivity contribution is -0.0804. The molecule has 1 atom stereocenters. The van der Waals surface area contributed by atoms with Crippen LogP contribution in [0.25, 0.3) is 0 Å². The standard InChI is InChI=1S/C17H15F3O2/c1-21-14-9-7-13(8-10-14)16(11-12-17(18,19)20)22-15-5-3-2-4-6-15/h2-12,16H,1H3/b12-11+. The molecule has 22 heavy (non-hydrogen) atoms. The SMILES string of the molecule is COc1ccc(C(/C=C/C(F)(F)F)Oc2ccccc2)cc1. The van der Waals surface area contributed by atoms with E-state index in [1.165, 1.54) is 7.11 Å². The number of allylic oxidation sites excluding steroid dienone is 1. The molecule has 0 radical (unpaired) electrons. The summed E-state index contributed by atoms with van der Waals surface area (Å²) in [6.07, 6.45) is -4.04. The lowest BCUT2D eigenvalue weighted by Gasteiger charge is -2.17. The quantitative estimate of drug-likeness (QED) is 0.729. The molecule has 116 valence electrons. The lowest BCUT2D eigenvalue weighted by Crippen LogP contribution is -2.08. The van der Waals surface area contributed by atoms with Crippen LogP contribution in [0.3, 0.4) is 0 Å². The van der Waals surface area contributed by atoms with Crippen LogP contribution in [0, 0.1) is 0 Å². The van der Waals surface area contributed by atoms with Crippen molar-refractivity contribution in [1.82, 2.24) is 0 Å². The van der Waals surface area contributed by atoms with E-state index in [1.807, 2.05) is 0 Å². The van der Waals surface area contributed by atoms with Crippen molar-refractivity contribution >= 4 is 0 Å². The Kier molecular flexibility index (Phi) is 5.09. The highest BCUT2D eigenvalue weighted by molar-refractivity contribution is 5.32. The number of alkyl halides is 3. The molecule has 0 fully saturated rings. The van der Waals surface area contributed by atoms with Gasteiger partial charge in [0, 0.05) is 6.08 Å². The number of benzene rings is 2. The zero-order valence-corrected chi connectivity index (χ0v) is 11.9. The molecule has 0 saturated carbocycles. The van der Waals surface area contributed by atoms with Gasteiger partial charge < -0.3 is 9.47 Å². The second-order valence-corrected chi connectivity index (χ2v) is 4.53. The van der Waals surface area contributed by atoms with E-state index < -0.39 is 12.3 Å². The van der Waals surface area contributed by atoms with Gasteiger partial charge in [-0.1, -0.05) is 30.3 Å². The summed E-state index contributed by atoms with van der Waals surface area (Å²) in [7, 11) is 1.52. The molecule has 2 aromatic carbocycles. The molecule has 0 amide bonds. The van der Waals surface area contributed by atoms with Crippen molar-refractivity contribution < 1.29 is 22.6 Å². The van der Waals surface area contributed by atoms with E-state index in [2.05, 4.69) is 0 Å². The Morgan fingerprint density at radius 1 is 0.909 bits per heavy atom. The molecule has 5 heteroatoms. The van der Waals surface area contributed by atoms with Gasteiger partial charge in [0.2, 0.25) is 0 Å². The van der Waals surface area contributed by atoms with Crippen LogP contribution in [0.4, 0.5) is 13.2 Å². The summed E-state index contributed by atoms with van der Waals surface area (Å²) in [6.45, 7) is 0. The van der Waals surface area contributed by atoms with Gasteiger partial charge in [0.05, 0.1) is 7.11 Å². The van der Waals surface area contributed by atoms with Crippen molar-refractivity contribution in [2.75, 3.05) is 7.11 Å². The molecule has 0 spiro atoms. The Morgan fingerprint density at radius 2 is 1.55 bits per heavy atom. The van der Waals surface area contributed by atoms with E-state index in [0.717, 1.165) is 6.08 Å². The first kappa shape index (κ1) is 15.9. The Balaban J connectivity index is 2.25. The van der Waals surface area contributed by atoms with E-state index in [1.54, 1.807) is 54.6 Å². The van der Waals surface area contributed by atoms with Crippen molar-refractivity contribution in [2.24, 2.45) is 0 Å². The molecule has 0 aliphatic rings. The van der Waals surface area contributed by atoms with Gasteiger partial charge in [-0.05, 0) is 35.9 Å². The third-order valence-corrected chi connectivity index (χ3v) is 2.91. The molecule has 2 nitrogen and oxygen atoms in total. The fourth-order valence-corrected chi connectivity index (χ4v) is 1.85. The fraction of sp³-hybridized carbons (Fsp3) is 0.176. The molecular weight excluding hydrogens is 293 g/mol. The van der Waals surface area contributed by atoms with Crippen LogP contribution >= 0.6 is 0 Å². The Bertz CT molecular complexity index is 604. The minimum Gasteiger partial charge on any atom is -0.497 e. The van der Waals surface area contributed by atoms with Gasteiger partial charge >= 0.3 is 6.18 Å². The van der Waals surface area contributed by atoms with Crippen LogP contribution in [-0.4, -0.2) is 13.3 Å². The minimum atomic E-state index is -4.38. The molecule has 0 aliphatic carbocycles.